The third-order valence-electron chi connectivity index (χ3n) is 4.80. The van der Waals surface area contributed by atoms with Crippen molar-refractivity contribution in [1.82, 2.24) is 19.4 Å². The molecule has 7 heteroatoms. The highest BCUT2D eigenvalue weighted by Gasteiger charge is 2.32. The Kier molecular flexibility index (Phi) is 4.91. The summed E-state index contributed by atoms with van der Waals surface area (Å²) in [6.07, 6.45) is 1.20. The van der Waals surface area contributed by atoms with E-state index in [2.05, 4.69) is 10.2 Å². The van der Waals surface area contributed by atoms with Crippen molar-refractivity contribution in [3.05, 3.63) is 32.6 Å². The van der Waals surface area contributed by atoms with Crippen LogP contribution in [0.3, 0.4) is 0 Å². The Morgan fingerprint density at radius 1 is 1.19 bits per heavy atom. The first kappa shape index (κ1) is 16.3. The highest BCUT2D eigenvalue weighted by molar-refractivity contribution is 5.85. The number of likely N-dealkylation sites (tertiary alicyclic amines) is 1. The first-order valence-corrected chi connectivity index (χ1v) is 7.25. The molecular weight excluding hydrogens is 292 g/mol. The van der Waals surface area contributed by atoms with Gasteiger partial charge in [0.25, 0.3) is 5.56 Å². The fourth-order valence-electron chi connectivity index (χ4n) is 3.41. The van der Waals surface area contributed by atoms with Gasteiger partial charge in [0, 0.05) is 38.9 Å². The van der Waals surface area contributed by atoms with Gasteiger partial charge in [-0.05, 0) is 37.9 Å². The fourth-order valence-corrected chi connectivity index (χ4v) is 3.41. The molecule has 0 saturated carbocycles. The predicted octanol–water partition coefficient (Wildman–Crippen LogP) is -0.453. The number of rotatable bonds is 2. The van der Waals surface area contributed by atoms with E-state index in [1.54, 1.807) is 17.7 Å². The van der Waals surface area contributed by atoms with Crippen LogP contribution in [-0.4, -0.2) is 40.2 Å². The molecule has 118 valence electrons. The second kappa shape index (κ2) is 6.34. The van der Waals surface area contributed by atoms with Crippen molar-refractivity contribution in [1.29, 1.82) is 0 Å². The van der Waals surface area contributed by atoms with Crippen LogP contribution in [0.2, 0.25) is 0 Å². The number of hydrogen-bond acceptors (Lipinski definition) is 4. The van der Waals surface area contributed by atoms with Crippen LogP contribution in [0.5, 0.6) is 0 Å². The molecule has 0 radical (unpaired) electrons. The lowest BCUT2D eigenvalue weighted by atomic mass is 9.88. The molecule has 2 fully saturated rings. The van der Waals surface area contributed by atoms with Gasteiger partial charge in [0.1, 0.15) is 0 Å². The lowest BCUT2D eigenvalue weighted by Gasteiger charge is -2.34. The molecule has 1 aromatic heterocycles. The Balaban J connectivity index is 0.00000161. The Bertz CT molecular complexity index is 624. The third kappa shape index (κ3) is 3.07. The van der Waals surface area contributed by atoms with Gasteiger partial charge < -0.3 is 5.32 Å². The van der Waals surface area contributed by atoms with E-state index >= 15 is 0 Å². The van der Waals surface area contributed by atoms with Crippen molar-refractivity contribution in [2.75, 3.05) is 26.2 Å². The second-order valence-electron chi connectivity index (χ2n) is 6.08. The normalized spacial score (nSPS) is 25.4. The number of halogens is 1. The van der Waals surface area contributed by atoms with Crippen molar-refractivity contribution in [3.63, 3.8) is 0 Å². The topological polar surface area (TPSA) is 59.3 Å². The smallest absolute Gasteiger partial charge is 0.316 e. The van der Waals surface area contributed by atoms with E-state index in [9.17, 15) is 9.59 Å². The zero-order chi connectivity index (χ0) is 14.3. The van der Waals surface area contributed by atoms with Crippen LogP contribution in [0.25, 0.3) is 0 Å². The zero-order valence-corrected chi connectivity index (χ0v) is 13.4. The maximum atomic E-state index is 11.9. The maximum absolute atomic E-state index is 11.9. The monoisotopic (exact) mass is 314 g/mol. The molecule has 2 unspecified atom stereocenters. The van der Waals surface area contributed by atoms with E-state index in [1.807, 2.05) is 0 Å². The van der Waals surface area contributed by atoms with Crippen molar-refractivity contribution < 1.29 is 0 Å². The molecule has 6 nitrogen and oxygen atoms in total. The van der Waals surface area contributed by atoms with E-state index in [-0.39, 0.29) is 23.7 Å². The zero-order valence-electron chi connectivity index (χ0n) is 12.5. The van der Waals surface area contributed by atoms with Crippen LogP contribution in [0.1, 0.15) is 12.1 Å². The molecule has 21 heavy (non-hydrogen) atoms. The van der Waals surface area contributed by atoms with Gasteiger partial charge in [-0.1, -0.05) is 0 Å². The van der Waals surface area contributed by atoms with Crippen LogP contribution >= 0.6 is 12.4 Å². The largest absolute Gasteiger partial charge is 0.330 e. The number of aromatic nitrogens is 2. The minimum Gasteiger partial charge on any atom is -0.316 e. The van der Waals surface area contributed by atoms with Crippen LogP contribution in [0.15, 0.2) is 15.7 Å². The average Bonchev–Trinajstić information content (AvgIpc) is 2.90. The minimum absolute atomic E-state index is 0. The summed E-state index contributed by atoms with van der Waals surface area (Å²) in [4.78, 5) is 26.1. The number of hydrogen-bond donors (Lipinski definition) is 1. The molecule has 3 rings (SSSR count). The molecule has 0 aromatic carbocycles. The van der Waals surface area contributed by atoms with Crippen molar-refractivity contribution >= 4 is 12.4 Å². The summed E-state index contributed by atoms with van der Waals surface area (Å²) >= 11 is 0. The van der Waals surface area contributed by atoms with Gasteiger partial charge in [-0.25, -0.2) is 4.79 Å². The first-order chi connectivity index (χ1) is 9.56. The SMILES string of the molecule is Cl.Cn1c(CN2CCC3CNCC3C2)cc(=O)n(C)c1=O. The Hall–Kier alpha value is -1.11. The lowest BCUT2D eigenvalue weighted by Crippen LogP contribution is -2.43. The van der Waals surface area contributed by atoms with Gasteiger partial charge in [0.15, 0.2) is 0 Å². The van der Waals surface area contributed by atoms with Gasteiger partial charge in [-0.2, -0.15) is 0 Å². The van der Waals surface area contributed by atoms with Gasteiger partial charge in [-0.15, -0.1) is 12.4 Å². The van der Waals surface area contributed by atoms with Gasteiger partial charge in [-0.3, -0.25) is 18.8 Å². The fraction of sp³-hybridized carbons (Fsp3) is 0.714. The average molecular weight is 315 g/mol. The summed E-state index contributed by atoms with van der Waals surface area (Å²) < 4.78 is 2.73. The van der Waals surface area contributed by atoms with E-state index in [1.165, 1.54) is 13.5 Å². The van der Waals surface area contributed by atoms with Crippen LogP contribution in [-0.2, 0) is 20.6 Å². The van der Waals surface area contributed by atoms with E-state index in [0.29, 0.717) is 12.5 Å². The number of nitrogens with one attached hydrogen (secondary N) is 1. The summed E-state index contributed by atoms with van der Waals surface area (Å²) in [5, 5.41) is 3.45. The summed E-state index contributed by atoms with van der Waals surface area (Å²) in [6, 6.07) is 1.58. The summed E-state index contributed by atoms with van der Waals surface area (Å²) in [7, 11) is 3.26. The quantitative estimate of drug-likeness (QED) is 0.803. The number of nitrogens with zero attached hydrogens (tertiary/aromatic N) is 3. The molecule has 0 aliphatic carbocycles. The Morgan fingerprint density at radius 3 is 2.67 bits per heavy atom. The lowest BCUT2D eigenvalue weighted by molar-refractivity contribution is 0.139. The van der Waals surface area contributed by atoms with Crippen LogP contribution in [0.4, 0.5) is 0 Å². The Morgan fingerprint density at radius 2 is 1.90 bits per heavy atom. The molecule has 0 spiro atoms. The highest BCUT2D eigenvalue weighted by Crippen LogP contribution is 2.26. The predicted molar refractivity (Wildman–Crippen MR) is 83.9 cm³/mol. The first-order valence-electron chi connectivity index (χ1n) is 7.25. The molecule has 1 N–H and O–H groups in total. The van der Waals surface area contributed by atoms with E-state index < -0.39 is 0 Å². The highest BCUT2D eigenvalue weighted by atomic mass is 35.5. The molecule has 0 amide bonds. The molecule has 2 aliphatic rings. The molecule has 2 saturated heterocycles. The van der Waals surface area contributed by atoms with Gasteiger partial charge >= 0.3 is 5.69 Å². The Labute approximate surface area is 130 Å². The van der Waals surface area contributed by atoms with E-state index in [0.717, 1.165) is 42.4 Å². The molecule has 0 bridgehead atoms. The van der Waals surface area contributed by atoms with Crippen LogP contribution < -0.4 is 16.6 Å². The number of piperidine rings is 1. The van der Waals surface area contributed by atoms with Crippen LogP contribution in [0, 0.1) is 11.8 Å². The molecule has 1 aromatic rings. The molecule has 2 atom stereocenters. The minimum atomic E-state index is -0.245. The molecule has 2 aliphatic heterocycles. The van der Waals surface area contributed by atoms with Gasteiger partial charge in [0.05, 0.1) is 0 Å². The van der Waals surface area contributed by atoms with Crippen molar-refractivity contribution in [2.45, 2.75) is 13.0 Å². The van der Waals surface area contributed by atoms with E-state index in [4.69, 9.17) is 0 Å². The standard InChI is InChI=1S/C14H22N4O2.ClH/c1-16-12(5-13(19)17(2)14(16)20)9-18-4-3-10-6-15-7-11(10)8-18;/h5,10-11,15H,3-4,6-9H2,1-2H3;1H. The molecular formula is C14H23ClN4O2. The third-order valence-corrected chi connectivity index (χ3v) is 4.80. The summed E-state index contributed by atoms with van der Waals surface area (Å²) in [6.45, 7) is 5.03. The van der Waals surface area contributed by atoms with Crippen molar-refractivity contribution in [3.8, 4) is 0 Å². The molecule has 3 heterocycles. The number of fused-ring (bicyclic) bond motifs is 1. The summed E-state index contributed by atoms with van der Waals surface area (Å²) in [5.41, 5.74) is 0.341. The van der Waals surface area contributed by atoms with Crippen molar-refractivity contribution in [2.24, 2.45) is 25.9 Å². The van der Waals surface area contributed by atoms with Gasteiger partial charge in [0.2, 0.25) is 0 Å². The maximum Gasteiger partial charge on any atom is 0.330 e. The summed E-state index contributed by atoms with van der Waals surface area (Å²) in [5.74, 6) is 1.52. The second-order valence-corrected chi connectivity index (χ2v) is 6.08.